The molecule has 1 N–H and O–H groups in total. The Morgan fingerprint density at radius 1 is 1.18 bits per heavy atom. The summed E-state index contributed by atoms with van der Waals surface area (Å²) in [5.41, 5.74) is 4.08. The molecule has 0 radical (unpaired) electrons. The third kappa shape index (κ3) is 2.57. The van der Waals surface area contributed by atoms with Crippen LogP contribution in [0.2, 0.25) is 0 Å². The Bertz CT molecular complexity index is 836. The minimum Gasteiger partial charge on any atom is -0.322 e. The molecule has 3 aromatic rings. The van der Waals surface area contributed by atoms with Gasteiger partial charge in [0.25, 0.3) is 5.91 Å². The second-order valence-corrected chi connectivity index (χ2v) is 5.60. The smallest absolute Gasteiger partial charge is 0.255 e. The van der Waals surface area contributed by atoms with Gasteiger partial charge in [-0.1, -0.05) is 23.4 Å². The highest BCUT2D eigenvalue weighted by atomic mass is 16.1. The van der Waals surface area contributed by atoms with Crippen LogP contribution in [0.1, 0.15) is 35.8 Å². The van der Waals surface area contributed by atoms with Gasteiger partial charge in [0, 0.05) is 17.3 Å². The molecule has 0 aliphatic heterocycles. The van der Waals surface area contributed by atoms with E-state index in [4.69, 9.17) is 0 Å². The van der Waals surface area contributed by atoms with E-state index in [9.17, 15) is 4.79 Å². The number of aryl methyl sites for hydroxylation is 1. The lowest BCUT2D eigenvalue weighted by Crippen LogP contribution is -2.12. The summed E-state index contributed by atoms with van der Waals surface area (Å²) in [6.07, 6.45) is 0. The van der Waals surface area contributed by atoms with Crippen molar-refractivity contribution in [3.8, 4) is 0 Å². The fourth-order valence-electron chi connectivity index (χ4n) is 2.37. The van der Waals surface area contributed by atoms with E-state index in [0.717, 1.165) is 22.3 Å². The van der Waals surface area contributed by atoms with E-state index in [2.05, 4.69) is 15.6 Å². The van der Waals surface area contributed by atoms with Crippen LogP contribution in [0.3, 0.4) is 0 Å². The summed E-state index contributed by atoms with van der Waals surface area (Å²) in [5.74, 6) is -0.143. The van der Waals surface area contributed by atoms with Crippen LogP contribution in [-0.4, -0.2) is 20.9 Å². The van der Waals surface area contributed by atoms with Gasteiger partial charge in [0.2, 0.25) is 0 Å². The maximum Gasteiger partial charge on any atom is 0.255 e. The average Bonchev–Trinajstić information content (AvgIpc) is 2.92. The number of carbonyl (C=O) groups excluding carboxylic acids is 1. The molecule has 3 rings (SSSR count). The Morgan fingerprint density at radius 2 is 1.95 bits per heavy atom. The zero-order valence-electron chi connectivity index (χ0n) is 12.9. The van der Waals surface area contributed by atoms with Gasteiger partial charge in [0.15, 0.2) is 0 Å². The molecule has 5 heteroatoms. The van der Waals surface area contributed by atoms with Gasteiger partial charge in [0.1, 0.15) is 5.52 Å². The van der Waals surface area contributed by atoms with Gasteiger partial charge in [-0.2, -0.15) is 0 Å². The number of hydrogen-bond acceptors (Lipinski definition) is 3. The molecule has 22 heavy (non-hydrogen) atoms. The molecule has 0 fully saturated rings. The van der Waals surface area contributed by atoms with Gasteiger partial charge in [-0.3, -0.25) is 4.79 Å². The molecule has 1 heterocycles. The number of aromatic nitrogens is 3. The number of benzene rings is 2. The molecule has 2 aromatic carbocycles. The second-order valence-electron chi connectivity index (χ2n) is 5.60. The van der Waals surface area contributed by atoms with Crippen LogP contribution in [0.4, 0.5) is 5.69 Å². The maximum atomic E-state index is 12.4. The highest BCUT2D eigenvalue weighted by Gasteiger charge is 2.12. The summed E-state index contributed by atoms with van der Waals surface area (Å²) in [4.78, 5) is 12.4. The van der Waals surface area contributed by atoms with Gasteiger partial charge >= 0.3 is 0 Å². The number of amides is 1. The number of para-hydroxylation sites is 1. The lowest BCUT2D eigenvalue weighted by molar-refractivity contribution is 0.102. The Hall–Kier alpha value is -2.69. The number of nitrogens with one attached hydrogen (secondary N) is 1. The minimum absolute atomic E-state index is 0.143. The highest BCUT2D eigenvalue weighted by Crippen LogP contribution is 2.19. The number of hydrogen-bond donors (Lipinski definition) is 1. The molecule has 0 saturated heterocycles. The van der Waals surface area contributed by atoms with E-state index in [-0.39, 0.29) is 11.9 Å². The number of anilines is 1. The molecule has 0 aliphatic rings. The first-order valence-electron chi connectivity index (χ1n) is 7.28. The van der Waals surface area contributed by atoms with Crippen LogP contribution in [-0.2, 0) is 0 Å². The van der Waals surface area contributed by atoms with Crippen LogP contribution in [0, 0.1) is 6.92 Å². The molecular weight excluding hydrogens is 276 g/mol. The van der Waals surface area contributed by atoms with Crippen molar-refractivity contribution in [3.63, 3.8) is 0 Å². The molecule has 0 atom stereocenters. The quantitative estimate of drug-likeness (QED) is 0.803. The van der Waals surface area contributed by atoms with Crippen LogP contribution in [0.15, 0.2) is 42.5 Å². The first-order chi connectivity index (χ1) is 10.6. The fraction of sp³-hybridized carbons (Fsp3) is 0.235. The molecule has 1 aromatic heterocycles. The predicted molar refractivity (Wildman–Crippen MR) is 87.0 cm³/mol. The van der Waals surface area contributed by atoms with Gasteiger partial charge in [-0.25, -0.2) is 4.68 Å². The lowest BCUT2D eigenvalue weighted by atomic mass is 10.1. The number of carbonyl (C=O) groups is 1. The molecule has 0 bridgehead atoms. The summed E-state index contributed by atoms with van der Waals surface area (Å²) >= 11 is 0. The lowest BCUT2D eigenvalue weighted by Gasteiger charge is -2.08. The minimum atomic E-state index is -0.143. The summed E-state index contributed by atoms with van der Waals surface area (Å²) in [5, 5.41) is 11.2. The second kappa shape index (κ2) is 5.60. The van der Waals surface area contributed by atoms with Crippen LogP contribution < -0.4 is 5.32 Å². The highest BCUT2D eigenvalue weighted by molar-refractivity contribution is 6.06. The monoisotopic (exact) mass is 294 g/mol. The topological polar surface area (TPSA) is 59.8 Å². The van der Waals surface area contributed by atoms with Gasteiger partial charge in [0.05, 0.1) is 5.52 Å². The van der Waals surface area contributed by atoms with Gasteiger partial charge in [-0.15, -0.1) is 5.10 Å². The largest absolute Gasteiger partial charge is 0.322 e. The Labute approximate surface area is 129 Å². The molecule has 5 nitrogen and oxygen atoms in total. The van der Waals surface area contributed by atoms with Crippen molar-refractivity contribution in [2.24, 2.45) is 0 Å². The van der Waals surface area contributed by atoms with E-state index >= 15 is 0 Å². The first-order valence-corrected chi connectivity index (χ1v) is 7.28. The molecule has 1 amide bonds. The number of rotatable bonds is 3. The third-order valence-corrected chi connectivity index (χ3v) is 3.62. The van der Waals surface area contributed by atoms with Crippen molar-refractivity contribution in [2.45, 2.75) is 26.8 Å². The summed E-state index contributed by atoms with van der Waals surface area (Å²) < 4.78 is 1.85. The van der Waals surface area contributed by atoms with E-state index < -0.39 is 0 Å². The van der Waals surface area contributed by atoms with Crippen LogP contribution in [0.5, 0.6) is 0 Å². The third-order valence-electron chi connectivity index (χ3n) is 3.62. The molecule has 0 aliphatic carbocycles. The Balaban J connectivity index is 1.90. The van der Waals surface area contributed by atoms with Crippen molar-refractivity contribution in [3.05, 3.63) is 53.6 Å². The van der Waals surface area contributed by atoms with Crippen molar-refractivity contribution in [1.82, 2.24) is 15.0 Å². The van der Waals surface area contributed by atoms with Crippen LogP contribution in [0.25, 0.3) is 11.0 Å². The van der Waals surface area contributed by atoms with Crippen molar-refractivity contribution in [1.29, 1.82) is 0 Å². The first kappa shape index (κ1) is 14.3. The average molecular weight is 294 g/mol. The predicted octanol–water partition coefficient (Wildman–Crippen LogP) is 3.57. The molecule has 0 unspecified atom stereocenters. The van der Waals surface area contributed by atoms with E-state index in [1.807, 2.05) is 55.8 Å². The zero-order chi connectivity index (χ0) is 15.7. The van der Waals surface area contributed by atoms with Crippen molar-refractivity contribution < 1.29 is 4.79 Å². The van der Waals surface area contributed by atoms with Crippen LogP contribution >= 0.6 is 0 Å². The fourth-order valence-corrected chi connectivity index (χ4v) is 2.37. The summed E-state index contributed by atoms with van der Waals surface area (Å²) in [7, 11) is 0. The number of fused-ring (bicyclic) bond motifs is 1. The van der Waals surface area contributed by atoms with Crippen molar-refractivity contribution >= 4 is 22.6 Å². The number of nitrogens with zero attached hydrogens (tertiary/aromatic N) is 3. The normalized spacial score (nSPS) is 11.1. The summed E-state index contributed by atoms with van der Waals surface area (Å²) in [6, 6.07) is 13.4. The molecular formula is C17H18N4O. The van der Waals surface area contributed by atoms with E-state index in [1.54, 1.807) is 12.1 Å². The van der Waals surface area contributed by atoms with E-state index in [1.165, 1.54) is 0 Å². The van der Waals surface area contributed by atoms with Gasteiger partial charge < -0.3 is 5.32 Å². The standard InChI is InChI=1S/C17H18N4O/c1-11(2)21-16-9-8-13(10-15(16)19-20-21)17(22)18-14-7-5-4-6-12(14)3/h4-11H,1-3H3,(H,18,22). The maximum absolute atomic E-state index is 12.4. The molecule has 0 spiro atoms. The Morgan fingerprint density at radius 3 is 2.68 bits per heavy atom. The zero-order valence-corrected chi connectivity index (χ0v) is 12.9. The van der Waals surface area contributed by atoms with Crippen molar-refractivity contribution in [2.75, 3.05) is 5.32 Å². The molecule has 0 saturated carbocycles. The van der Waals surface area contributed by atoms with E-state index in [0.29, 0.717) is 5.56 Å². The molecule has 112 valence electrons. The summed E-state index contributed by atoms with van der Waals surface area (Å²) in [6.45, 7) is 6.06. The SMILES string of the molecule is Cc1ccccc1NC(=O)c1ccc2c(c1)nnn2C(C)C. The van der Waals surface area contributed by atoms with Gasteiger partial charge in [-0.05, 0) is 50.6 Å². The Kier molecular flexibility index (Phi) is 3.63.